The Kier molecular flexibility index (Phi) is 9.55. The summed E-state index contributed by atoms with van der Waals surface area (Å²) >= 11 is 7.73. The van der Waals surface area contributed by atoms with Gasteiger partial charge in [-0.1, -0.05) is 66.6 Å². The molecule has 0 heterocycles. The largest absolute Gasteiger partial charge is 0.355 e. The van der Waals surface area contributed by atoms with Crippen molar-refractivity contribution in [2.75, 3.05) is 12.3 Å². The summed E-state index contributed by atoms with van der Waals surface area (Å²) in [6.45, 7) is 6.81. The Morgan fingerprint density at radius 3 is 2.41 bits per heavy atom. The van der Waals surface area contributed by atoms with Gasteiger partial charge in [0.15, 0.2) is 0 Å². The Labute approximate surface area is 183 Å². The molecule has 0 bridgehead atoms. The van der Waals surface area contributed by atoms with Crippen LogP contribution >= 0.6 is 23.4 Å². The van der Waals surface area contributed by atoms with Gasteiger partial charge >= 0.3 is 0 Å². The van der Waals surface area contributed by atoms with Gasteiger partial charge in [0.1, 0.15) is 6.04 Å². The molecule has 1 atom stereocenters. The maximum absolute atomic E-state index is 13.1. The lowest BCUT2D eigenvalue weighted by atomic mass is 10.1. The van der Waals surface area contributed by atoms with Gasteiger partial charge in [-0.25, -0.2) is 0 Å². The second-order valence-electron chi connectivity index (χ2n) is 6.91. The van der Waals surface area contributed by atoms with Crippen LogP contribution in [-0.4, -0.2) is 35.1 Å². The lowest BCUT2D eigenvalue weighted by Crippen LogP contribution is -2.49. The quantitative estimate of drug-likeness (QED) is 0.585. The van der Waals surface area contributed by atoms with Gasteiger partial charge in [-0.2, -0.15) is 0 Å². The monoisotopic (exact) mass is 432 g/mol. The van der Waals surface area contributed by atoms with Gasteiger partial charge in [-0.05, 0) is 37.5 Å². The molecular weight excluding hydrogens is 404 g/mol. The van der Waals surface area contributed by atoms with Crippen LogP contribution in [0.1, 0.15) is 37.0 Å². The zero-order chi connectivity index (χ0) is 21.2. The van der Waals surface area contributed by atoms with Crippen LogP contribution in [0.5, 0.6) is 0 Å². The first-order valence-corrected chi connectivity index (χ1v) is 11.4. The van der Waals surface area contributed by atoms with Crippen molar-refractivity contribution in [3.63, 3.8) is 0 Å². The molecular formula is C23H29ClN2O2S. The van der Waals surface area contributed by atoms with E-state index in [9.17, 15) is 9.59 Å². The summed E-state index contributed by atoms with van der Waals surface area (Å²) in [7, 11) is 0. The smallest absolute Gasteiger partial charge is 0.242 e. The zero-order valence-corrected chi connectivity index (χ0v) is 18.9. The van der Waals surface area contributed by atoms with Crippen LogP contribution in [0.25, 0.3) is 0 Å². The molecule has 0 saturated heterocycles. The van der Waals surface area contributed by atoms with Crippen LogP contribution in [0, 0.1) is 6.92 Å². The summed E-state index contributed by atoms with van der Waals surface area (Å²) < 4.78 is 0. The molecule has 156 valence electrons. The Bertz CT molecular complexity index is 811. The molecule has 2 aromatic carbocycles. The summed E-state index contributed by atoms with van der Waals surface area (Å²) in [6, 6.07) is 15.2. The van der Waals surface area contributed by atoms with Crippen molar-refractivity contribution in [3.8, 4) is 0 Å². The third-order valence-electron chi connectivity index (χ3n) is 4.65. The number of halogens is 1. The number of nitrogens with one attached hydrogen (secondary N) is 1. The zero-order valence-electron chi connectivity index (χ0n) is 17.3. The molecule has 4 nitrogen and oxygen atoms in total. The van der Waals surface area contributed by atoms with Gasteiger partial charge in [0.25, 0.3) is 0 Å². The number of thioether (sulfide) groups is 1. The van der Waals surface area contributed by atoms with Crippen molar-refractivity contribution >= 4 is 35.2 Å². The Hall–Kier alpha value is -1.98. The fraction of sp³-hybridized carbons (Fsp3) is 0.391. The van der Waals surface area contributed by atoms with Crippen LogP contribution in [0.4, 0.5) is 0 Å². The molecule has 2 rings (SSSR count). The molecule has 1 N–H and O–H groups in total. The van der Waals surface area contributed by atoms with Gasteiger partial charge in [-0.3, -0.25) is 9.59 Å². The van der Waals surface area contributed by atoms with Crippen molar-refractivity contribution in [1.82, 2.24) is 10.2 Å². The van der Waals surface area contributed by atoms with Crippen LogP contribution in [0.15, 0.2) is 48.5 Å². The van der Waals surface area contributed by atoms with E-state index in [-0.39, 0.29) is 11.8 Å². The number of likely N-dealkylation sites (N-methyl/N-ethyl adjacent to an activating group) is 1. The molecule has 0 saturated carbocycles. The molecule has 0 aliphatic heterocycles. The van der Waals surface area contributed by atoms with Crippen molar-refractivity contribution in [1.29, 1.82) is 0 Å². The van der Waals surface area contributed by atoms with E-state index in [1.54, 1.807) is 4.90 Å². The predicted molar refractivity (Wildman–Crippen MR) is 122 cm³/mol. The molecule has 0 fully saturated rings. The van der Waals surface area contributed by atoms with Gasteiger partial charge in [0, 0.05) is 23.9 Å². The standard InChI is InChI=1S/C23H29ClN2O2S/c1-4-21(23(28)25-5-2)26(14-18-12-10-17(3)11-13-18)22(27)16-29-15-19-8-6-7-9-20(19)24/h6-13,21H,4-5,14-16H2,1-3H3,(H,25,28)/t21-/m1/s1. The third-order valence-corrected chi connectivity index (χ3v) is 5.99. The highest BCUT2D eigenvalue weighted by molar-refractivity contribution is 7.99. The average Bonchev–Trinajstić information content (AvgIpc) is 2.71. The fourth-order valence-corrected chi connectivity index (χ4v) is 4.24. The molecule has 29 heavy (non-hydrogen) atoms. The number of rotatable bonds is 10. The van der Waals surface area contributed by atoms with Gasteiger partial charge in [-0.15, -0.1) is 11.8 Å². The van der Waals surface area contributed by atoms with E-state index in [1.807, 2.05) is 69.3 Å². The minimum Gasteiger partial charge on any atom is -0.355 e. The number of carbonyl (C=O) groups is 2. The van der Waals surface area contributed by atoms with Crippen LogP contribution in [0.2, 0.25) is 5.02 Å². The van der Waals surface area contributed by atoms with E-state index in [0.717, 1.165) is 16.7 Å². The average molecular weight is 433 g/mol. The highest BCUT2D eigenvalue weighted by Gasteiger charge is 2.28. The maximum atomic E-state index is 13.1. The molecule has 0 spiro atoms. The Morgan fingerprint density at radius 2 is 1.79 bits per heavy atom. The molecule has 2 aromatic rings. The third kappa shape index (κ3) is 7.09. The van der Waals surface area contributed by atoms with Crippen molar-refractivity contribution in [3.05, 3.63) is 70.2 Å². The summed E-state index contributed by atoms with van der Waals surface area (Å²) in [6.07, 6.45) is 0.568. The van der Waals surface area contributed by atoms with E-state index in [2.05, 4.69) is 5.32 Å². The van der Waals surface area contributed by atoms with E-state index >= 15 is 0 Å². The minimum absolute atomic E-state index is 0.0410. The first-order valence-electron chi connectivity index (χ1n) is 9.90. The number of carbonyl (C=O) groups excluding carboxylic acids is 2. The molecule has 0 radical (unpaired) electrons. The van der Waals surface area contributed by atoms with Crippen LogP contribution in [0.3, 0.4) is 0 Å². The van der Waals surface area contributed by atoms with E-state index in [4.69, 9.17) is 11.6 Å². The maximum Gasteiger partial charge on any atom is 0.242 e. The Balaban J connectivity index is 2.11. The minimum atomic E-state index is -0.482. The second-order valence-corrected chi connectivity index (χ2v) is 8.30. The Morgan fingerprint density at radius 1 is 1.10 bits per heavy atom. The molecule has 0 aromatic heterocycles. The van der Waals surface area contributed by atoms with Crippen molar-refractivity contribution in [2.24, 2.45) is 0 Å². The normalized spacial score (nSPS) is 11.7. The van der Waals surface area contributed by atoms with Crippen LogP contribution in [-0.2, 0) is 21.9 Å². The number of benzene rings is 2. The van der Waals surface area contributed by atoms with E-state index < -0.39 is 6.04 Å². The number of amides is 2. The van der Waals surface area contributed by atoms with Crippen molar-refractivity contribution < 1.29 is 9.59 Å². The van der Waals surface area contributed by atoms with Gasteiger partial charge < -0.3 is 10.2 Å². The number of nitrogens with zero attached hydrogens (tertiary/aromatic N) is 1. The number of hydrogen-bond acceptors (Lipinski definition) is 3. The van der Waals surface area contributed by atoms with Crippen molar-refractivity contribution in [2.45, 2.75) is 45.5 Å². The predicted octanol–water partition coefficient (Wildman–Crippen LogP) is 4.83. The van der Waals surface area contributed by atoms with Crippen LogP contribution < -0.4 is 5.32 Å². The summed E-state index contributed by atoms with van der Waals surface area (Å²) in [4.78, 5) is 27.4. The van der Waals surface area contributed by atoms with Gasteiger partial charge in [0.2, 0.25) is 11.8 Å². The topological polar surface area (TPSA) is 49.4 Å². The SMILES string of the molecule is CCNC(=O)[C@@H](CC)N(Cc1ccc(C)cc1)C(=O)CSCc1ccccc1Cl. The summed E-state index contributed by atoms with van der Waals surface area (Å²) in [5.74, 6) is 0.807. The van der Waals surface area contributed by atoms with Gasteiger partial charge in [0.05, 0.1) is 5.75 Å². The number of aryl methyl sites for hydroxylation is 1. The number of hydrogen-bond donors (Lipinski definition) is 1. The first-order chi connectivity index (χ1) is 14.0. The fourth-order valence-electron chi connectivity index (χ4n) is 3.05. The highest BCUT2D eigenvalue weighted by atomic mass is 35.5. The molecule has 0 aliphatic rings. The summed E-state index contributed by atoms with van der Waals surface area (Å²) in [5, 5.41) is 3.57. The van der Waals surface area contributed by atoms with E-state index in [0.29, 0.717) is 36.0 Å². The molecule has 6 heteroatoms. The summed E-state index contributed by atoms with van der Waals surface area (Å²) in [5.41, 5.74) is 3.19. The highest BCUT2D eigenvalue weighted by Crippen LogP contribution is 2.22. The molecule has 0 aliphatic carbocycles. The first kappa shape index (κ1) is 23.3. The second kappa shape index (κ2) is 11.9. The lowest BCUT2D eigenvalue weighted by Gasteiger charge is -2.30. The van der Waals surface area contributed by atoms with E-state index in [1.165, 1.54) is 11.8 Å². The molecule has 0 unspecified atom stereocenters. The molecule has 2 amide bonds. The lowest BCUT2D eigenvalue weighted by molar-refractivity contribution is -0.139.